The Morgan fingerprint density at radius 2 is 0.690 bits per heavy atom. The minimum atomic E-state index is 0.676. The van der Waals surface area contributed by atoms with Gasteiger partial charge in [-0.2, -0.15) is 0 Å². The lowest BCUT2D eigenvalue weighted by Gasteiger charge is -2.35. The molecule has 42 heavy (non-hydrogen) atoms. The standard InChI is InChI=1S/C41H77N/c1-5-7-9-11-13-15-17-19-21-23-25-27-30-34-39(3)42(38-41-36-32-29-33-37-41)40(4)35-31-28-26-24-22-20-18-16-14-12-10-8-6-2/h29,32-33,36-37,39-40H,5-28,30-31,34-35,38H2,1-4H3. The lowest BCUT2D eigenvalue weighted by Crippen LogP contribution is -2.39. The van der Waals surface area contributed by atoms with Gasteiger partial charge in [0.1, 0.15) is 0 Å². The second-order valence-corrected chi connectivity index (χ2v) is 13.9. The Labute approximate surface area is 266 Å². The Bertz CT molecular complexity index is 604. The van der Waals surface area contributed by atoms with Gasteiger partial charge in [-0.15, -0.1) is 0 Å². The van der Waals surface area contributed by atoms with E-state index < -0.39 is 0 Å². The molecule has 0 bridgehead atoms. The molecule has 0 aliphatic carbocycles. The van der Waals surface area contributed by atoms with Crippen molar-refractivity contribution < 1.29 is 0 Å². The predicted octanol–water partition coefficient (Wildman–Crippen LogP) is 14.2. The van der Waals surface area contributed by atoms with Crippen LogP contribution in [-0.2, 0) is 6.54 Å². The van der Waals surface area contributed by atoms with Gasteiger partial charge in [-0.3, -0.25) is 4.90 Å². The molecule has 0 fully saturated rings. The molecule has 0 aromatic heterocycles. The average molecular weight is 584 g/mol. The summed E-state index contributed by atoms with van der Waals surface area (Å²) in [5.74, 6) is 0. The van der Waals surface area contributed by atoms with Crippen molar-refractivity contribution in [3.63, 3.8) is 0 Å². The third-order valence-corrected chi connectivity index (χ3v) is 9.79. The molecule has 0 heterocycles. The average Bonchev–Trinajstić information content (AvgIpc) is 3.00. The fraction of sp³-hybridized carbons (Fsp3) is 0.854. The van der Waals surface area contributed by atoms with Crippen LogP contribution in [0.15, 0.2) is 30.3 Å². The molecule has 0 aliphatic rings. The summed E-state index contributed by atoms with van der Waals surface area (Å²) in [5, 5.41) is 0. The van der Waals surface area contributed by atoms with Crippen LogP contribution in [0.25, 0.3) is 0 Å². The largest absolute Gasteiger partial charge is 0.294 e. The third-order valence-electron chi connectivity index (χ3n) is 9.79. The van der Waals surface area contributed by atoms with E-state index >= 15 is 0 Å². The molecule has 0 amide bonds. The van der Waals surface area contributed by atoms with E-state index in [2.05, 4.69) is 62.9 Å². The first-order valence-electron chi connectivity index (χ1n) is 19.5. The van der Waals surface area contributed by atoms with Gasteiger partial charge in [0.25, 0.3) is 0 Å². The van der Waals surface area contributed by atoms with Crippen LogP contribution >= 0.6 is 0 Å². The van der Waals surface area contributed by atoms with Gasteiger partial charge in [0.2, 0.25) is 0 Å². The van der Waals surface area contributed by atoms with Crippen molar-refractivity contribution in [2.24, 2.45) is 0 Å². The Hall–Kier alpha value is -0.820. The Morgan fingerprint density at radius 1 is 0.405 bits per heavy atom. The summed E-state index contributed by atoms with van der Waals surface area (Å²) in [5.41, 5.74) is 1.48. The van der Waals surface area contributed by atoms with E-state index in [0.29, 0.717) is 12.1 Å². The number of benzene rings is 1. The highest BCUT2D eigenvalue weighted by molar-refractivity contribution is 5.14. The summed E-state index contributed by atoms with van der Waals surface area (Å²) in [4.78, 5) is 2.83. The third kappa shape index (κ3) is 23.6. The highest BCUT2D eigenvalue weighted by atomic mass is 15.2. The molecular formula is C41H77N. The molecule has 0 saturated heterocycles. The second kappa shape index (κ2) is 30.2. The van der Waals surface area contributed by atoms with Gasteiger partial charge in [-0.05, 0) is 32.3 Å². The summed E-state index contributed by atoms with van der Waals surface area (Å²) in [6, 6.07) is 12.6. The first kappa shape index (κ1) is 39.2. The van der Waals surface area contributed by atoms with Crippen LogP contribution in [0, 0.1) is 0 Å². The Morgan fingerprint density at radius 3 is 1.00 bits per heavy atom. The van der Waals surface area contributed by atoms with Crippen LogP contribution in [0.3, 0.4) is 0 Å². The summed E-state index contributed by atoms with van der Waals surface area (Å²) >= 11 is 0. The van der Waals surface area contributed by atoms with Gasteiger partial charge in [0.05, 0.1) is 0 Å². The summed E-state index contributed by atoms with van der Waals surface area (Å²) in [7, 11) is 0. The van der Waals surface area contributed by atoms with Crippen molar-refractivity contribution in [1.82, 2.24) is 4.90 Å². The van der Waals surface area contributed by atoms with E-state index in [4.69, 9.17) is 0 Å². The number of nitrogens with zero attached hydrogens (tertiary/aromatic N) is 1. The van der Waals surface area contributed by atoms with E-state index in [1.807, 2.05) is 0 Å². The molecule has 246 valence electrons. The quantitative estimate of drug-likeness (QED) is 0.0762. The van der Waals surface area contributed by atoms with E-state index in [-0.39, 0.29) is 0 Å². The second-order valence-electron chi connectivity index (χ2n) is 13.9. The number of rotatable bonds is 32. The van der Waals surface area contributed by atoms with Crippen LogP contribution in [0.5, 0.6) is 0 Å². The Balaban J connectivity index is 2.18. The fourth-order valence-corrected chi connectivity index (χ4v) is 6.79. The molecule has 2 atom stereocenters. The highest BCUT2D eigenvalue weighted by Crippen LogP contribution is 2.22. The summed E-state index contributed by atoms with van der Waals surface area (Å²) in [6.07, 6.45) is 40.2. The van der Waals surface area contributed by atoms with Gasteiger partial charge in [0.15, 0.2) is 0 Å². The monoisotopic (exact) mass is 584 g/mol. The maximum Gasteiger partial charge on any atom is 0.0239 e. The van der Waals surface area contributed by atoms with Crippen molar-refractivity contribution in [3.8, 4) is 0 Å². The van der Waals surface area contributed by atoms with Crippen LogP contribution in [-0.4, -0.2) is 17.0 Å². The molecule has 2 unspecified atom stereocenters. The zero-order valence-electron chi connectivity index (χ0n) is 29.5. The van der Waals surface area contributed by atoms with Crippen LogP contribution in [0.2, 0.25) is 0 Å². The lowest BCUT2D eigenvalue weighted by atomic mass is 10.00. The maximum absolute atomic E-state index is 2.83. The van der Waals surface area contributed by atoms with Crippen LogP contribution < -0.4 is 0 Å². The van der Waals surface area contributed by atoms with E-state index in [1.165, 1.54) is 185 Å². The van der Waals surface area contributed by atoms with Gasteiger partial charge >= 0.3 is 0 Å². The van der Waals surface area contributed by atoms with E-state index in [1.54, 1.807) is 0 Å². The maximum atomic E-state index is 2.83. The van der Waals surface area contributed by atoms with Crippen molar-refractivity contribution in [2.75, 3.05) is 0 Å². The van der Waals surface area contributed by atoms with E-state index in [0.717, 1.165) is 6.54 Å². The van der Waals surface area contributed by atoms with Gasteiger partial charge in [-0.25, -0.2) is 0 Å². The zero-order chi connectivity index (χ0) is 30.4. The predicted molar refractivity (Wildman–Crippen MR) is 192 cm³/mol. The first-order valence-corrected chi connectivity index (χ1v) is 19.5. The molecule has 1 rings (SSSR count). The van der Waals surface area contributed by atoms with Crippen molar-refractivity contribution in [2.45, 2.75) is 226 Å². The first-order chi connectivity index (χ1) is 20.7. The molecular weight excluding hydrogens is 506 g/mol. The van der Waals surface area contributed by atoms with E-state index in [9.17, 15) is 0 Å². The van der Waals surface area contributed by atoms with Crippen LogP contribution in [0.4, 0.5) is 0 Å². The Kier molecular flexibility index (Phi) is 28.2. The fourth-order valence-electron chi connectivity index (χ4n) is 6.79. The lowest BCUT2D eigenvalue weighted by molar-refractivity contribution is 0.126. The number of hydrogen-bond acceptors (Lipinski definition) is 1. The van der Waals surface area contributed by atoms with Crippen molar-refractivity contribution in [1.29, 1.82) is 0 Å². The molecule has 1 nitrogen and oxygen atoms in total. The molecule has 0 aliphatic heterocycles. The number of unbranched alkanes of at least 4 members (excludes halogenated alkanes) is 24. The van der Waals surface area contributed by atoms with Crippen LogP contribution in [0.1, 0.15) is 213 Å². The van der Waals surface area contributed by atoms with Gasteiger partial charge in [0, 0.05) is 18.6 Å². The molecule has 1 aromatic rings. The van der Waals surface area contributed by atoms with Gasteiger partial charge < -0.3 is 0 Å². The smallest absolute Gasteiger partial charge is 0.0239 e. The number of hydrogen-bond donors (Lipinski definition) is 0. The minimum Gasteiger partial charge on any atom is -0.294 e. The topological polar surface area (TPSA) is 3.24 Å². The molecule has 0 spiro atoms. The summed E-state index contributed by atoms with van der Waals surface area (Å²) in [6.45, 7) is 10.7. The van der Waals surface area contributed by atoms with Gasteiger partial charge in [-0.1, -0.05) is 211 Å². The molecule has 1 heteroatoms. The molecule has 1 aromatic carbocycles. The minimum absolute atomic E-state index is 0.676. The van der Waals surface area contributed by atoms with Crippen molar-refractivity contribution in [3.05, 3.63) is 35.9 Å². The zero-order valence-corrected chi connectivity index (χ0v) is 29.5. The highest BCUT2D eigenvalue weighted by Gasteiger charge is 2.20. The van der Waals surface area contributed by atoms with Crippen molar-refractivity contribution >= 4 is 0 Å². The molecule has 0 radical (unpaired) electrons. The molecule has 0 saturated carbocycles. The molecule has 0 N–H and O–H groups in total. The SMILES string of the molecule is CCCCCCCCCCCCCCCC(C)N(Cc1ccccc1)C(C)CCCCCCCCCCCCCCC. The summed E-state index contributed by atoms with van der Waals surface area (Å²) < 4.78 is 0. The normalized spacial score (nSPS) is 13.2.